The van der Waals surface area contributed by atoms with Crippen LogP contribution in [-0.4, -0.2) is 55.8 Å². The van der Waals surface area contributed by atoms with Crippen LogP contribution in [0.2, 0.25) is 0 Å². The number of carbonyl (C=O) groups is 1. The lowest BCUT2D eigenvalue weighted by Gasteiger charge is -2.06. The highest BCUT2D eigenvalue weighted by Gasteiger charge is 2.34. The molecule has 0 aliphatic carbocycles. The summed E-state index contributed by atoms with van der Waals surface area (Å²) in [5.74, 6) is -0.755. The molecule has 0 aliphatic heterocycles. The minimum Gasteiger partial charge on any atom is -0.351 e. The number of halogens is 3. The van der Waals surface area contributed by atoms with E-state index in [-0.39, 0.29) is 44.5 Å². The number of alkyl halides is 3. The third kappa shape index (κ3) is 3.87. The molecular formula is C20H20F3N7O3S. The van der Waals surface area contributed by atoms with Crippen molar-refractivity contribution >= 4 is 32.4 Å². The molecule has 1 amide bonds. The van der Waals surface area contributed by atoms with Gasteiger partial charge in [0.05, 0.1) is 23.0 Å². The first-order valence-electron chi connectivity index (χ1n) is 10.3. The van der Waals surface area contributed by atoms with Gasteiger partial charge in [-0.1, -0.05) is 13.8 Å². The van der Waals surface area contributed by atoms with Gasteiger partial charge in [0.2, 0.25) is 0 Å². The van der Waals surface area contributed by atoms with E-state index in [4.69, 9.17) is 0 Å². The minimum atomic E-state index is -4.67. The summed E-state index contributed by atoms with van der Waals surface area (Å²) in [4.78, 5) is 24.6. The Morgan fingerprint density at radius 1 is 1.21 bits per heavy atom. The summed E-state index contributed by atoms with van der Waals surface area (Å²) in [5.41, 5.74) is -0.844. The summed E-state index contributed by atoms with van der Waals surface area (Å²) in [6.45, 7) is 3.71. The molecule has 0 aliphatic rings. The molecule has 14 heteroatoms. The Labute approximate surface area is 191 Å². The van der Waals surface area contributed by atoms with Gasteiger partial charge in [0.1, 0.15) is 22.8 Å². The molecule has 0 fully saturated rings. The number of hydrogen-bond acceptors (Lipinski definition) is 7. The lowest BCUT2D eigenvalue weighted by atomic mass is 10.3. The number of nitrogens with zero attached hydrogens (tertiary/aromatic N) is 6. The Hall–Kier alpha value is -3.55. The molecule has 0 saturated heterocycles. The molecular weight excluding hydrogens is 475 g/mol. The average Bonchev–Trinajstić information content (AvgIpc) is 3.34. The molecule has 0 bridgehead atoms. The molecule has 4 aromatic rings. The predicted octanol–water partition coefficient (Wildman–Crippen LogP) is 2.63. The van der Waals surface area contributed by atoms with E-state index in [1.165, 1.54) is 30.8 Å². The molecule has 0 atom stereocenters. The number of hydrogen-bond donors (Lipinski definition) is 1. The topological polar surface area (TPSA) is 124 Å². The van der Waals surface area contributed by atoms with Crippen LogP contribution < -0.4 is 5.32 Å². The van der Waals surface area contributed by atoms with Gasteiger partial charge in [0.25, 0.3) is 5.91 Å². The fourth-order valence-corrected chi connectivity index (χ4v) is 4.42. The van der Waals surface area contributed by atoms with E-state index in [2.05, 4.69) is 25.4 Å². The van der Waals surface area contributed by atoms with Crippen LogP contribution in [0.4, 0.5) is 13.2 Å². The smallest absolute Gasteiger partial charge is 0.351 e. The second-order valence-corrected chi connectivity index (χ2v) is 9.65. The van der Waals surface area contributed by atoms with Crippen molar-refractivity contribution in [1.29, 1.82) is 0 Å². The van der Waals surface area contributed by atoms with Gasteiger partial charge in [-0.3, -0.25) is 4.79 Å². The Kier molecular flexibility index (Phi) is 5.79. The summed E-state index contributed by atoms with van der Waals surface area (Å²) in [7, 11) is -2.42. The van der Waals surface area contributed by atoms with Crippen molar-refractivity contribution in [2.24, 2.45) is 7.05 Å². The normalized spacial score (nSPS) is 12.5. The van der Waals surface area contributed by atoms with Gasteiger partial charge in [-0.15, -0.1) is 0 Å². The number of amides is 1. The third-order valence-corrected chi connectivity index (χ3v) is 6.85. The van der Waals surface area contributed by atoms with E-state index in [1.54, 1.807) is 0 Å². The van der Waals surface area contributed by atoms with Gasteiger partial charge in [-0.25, -0.2) is 27.9 Å². The lowest BCUT2D eigenvalue weighted by Crippen LogP contribution is -2.26. The van der Waals surface area contributed by atoms with Crippen molar-refractivity contribution in [2.75, 3.05) is 12.3 Å². The number of rotatable bonds is 6. The number of imidazole rings is 1. The van der Waals surface area contributed by atoms with Crippen molar-refractivity contribution in [3.63, 3.8) is 0 Å². The van der Waals surface area contributed by atoms with E-state index in [1.807, 2.05) is 6.92 Å². The van der Waals surface area contributed by atoms with E-state index in [0.29, 0.717) is 13.0 Å². The van der Waals surface area contributed by atoms with Crippen LogP contribution in [0.5, 0.6) is 0 Å². The molecule has 0 aromatic carbocycles. The highest BCUT2D eigenvalue weighted by atomic mass is 32.2. The zero-order valence-electron chi connectivity index (χ0n) is 18.4. The number of pyridine rings is 1. The van der Waals surface area contributed by atoms with Gasteiger partial charge < -0.3 is 9.88 Å². The van der Waals surface area contributed by atoms with Gasteiger partial charge in [0, 0.05) is 19.8 Å². The molecule has 0 radical (unpaired) electrons. The van der Waals surface area contributed by atoms with Crippen molar-refractivity contribution in [3.05, 3.63) is 35.9 Å². The molecule has 0 saturated carbocycles. The molecule has 0 spiro atoms. The van der Waals surface area contributed by atoms with Gasteiger partial charge in [0.15, 0.2) is 20.5 Å². The van der Waals surface area contributed by atoms with E-state index < -0.39 is 27.6 Å². The largest absolute Gasteiger partial charge is 0.433 e. The Bertz CT molecular complexity index is 1520. The van der Waals surface area contributed by atoms with Crippen LogP contribution >= 0.6 is 0 Å². The van der Waals surface area contributed by atoms with Gasteiger partial charge in [-0.05, 0) is 18.6 Å². The first-order chi connectivity index (χ1) is 16.0. The van der Waals surface area contributed by atoms with Crippen LogP contribution in [-0.2, 0) is 23.1 Å². The first-order valence-corrected chi connectivity index (χ1v) is 11.9. The quantitative estimate of drug-likeness (QED) is 0.436. The maximum Gasteiger partial charge on any atom is 0.433 e. The fourth-order valence-electron chi connectivity index (χ4n) is 3.44. The summed E-state index contributed by atoms with van der Waals surface area (Å²) < 4.78 is 67.8. The second kappa shape index (κ2) is 8.34. The molecule has 1 N–H and O–H groups in total. The van der Waals surface area contributed by atoms with Crippen LogP contribution in [0.15, 0.2) is 29.6 Å². The molecule has 10 nitrogen and oxygen atoms in total. The summed E-state index contributed by atoms with van der Waals surface area (Å²) in [6, 6.07) is 2.18. The number of aromatic nitrogens is 6. The summed E-state index contributed by atoms with van der Waals surface area (Å²) in [6.07, 6.45) is -1.63. The highest BCUT2D eigenvalue weighted by molar-refractivity contribution is 7.91. The Morgan fingerprint density at radius 3 is 2.59 bits per heavy atom. The summed E-state index contributed by atoms with van der Waals surface area (Å²) >= 11 is 0. The van der Waals surface area contributed by atoms with Crippen molar-refractivity contribution < 1.29 is 26.4 Å². The number of nitrogens with one attached hydrogen (secondary N) is 1. The Balaban J connectivity index is 2.03. The Morgan fingerprint density at radius 2 is 1.94 bits per heavy atom. The molecule has 34 heavy (non-hydrogen) atoms. The van der Waals surface area contributed by atoms with Gasteiger partial charge >= 0.3 is 6.18 Å². The van der Waals surface area contributed by atoms with Gasteiger partial charge in [-0.2, -0.15) is 18.3 Å². The average molecular weight is 495 g/mol. The molecule has 0 unspecified atom stereocenters. The van der Waals surface area contributed by atoms with Crippen molar-refractivity contribution in [2.45, 2.75) is 31.5 Å². The van der Waals surface area contributed by atoms with Crippen LogP contribution in [0.1, 0.15) is 36.5 Å². The van der Waals surface area contributed by atoms with E-state index >= 15 is 0 Å². The molecule has 4 rings (SSSR count). The summed E-state index contributed by atoms with van der Waals surface area (Å²) in [5, 5.41) is 6.51. The van der Waals surface area contributed by atoms with Crippen molar-refractivity contribution in [1.82, 2.24) is 34.4 Å². The molecule has 4 heterocycles. The van der Waals surface area contributed by atoms with Crippen LogP contribution in [0.25, 0.3) is 28.1 Å². The fraction of sp³-hybridized carbons (Fsp3) is 0.350. The first kappa shape index (κ1) is 23.6. The number of sulfone groups is 1. The molecule has 4 aromatic heterocycles. The SMILES string of the molecule is CCCNC(=O)c1ccnc2c(-c3nc4cc(C(F)(F)F)ncc4n3C)c(S(=O)(=O)CC)nn12. The molecule has 180 valence electrons. The maximum absolute atomic E-state index is 13.1. The van der Waals surface area contributed by atoms with E-state index in [9.17, 15) is 26.4 Å². The maximum atomic E-state index is 13.1. The third-order valence-electron chi connectivity index (χ3n) is 5.21. The highest BCUT2D eigenvalue weighted by Crippen LogP contribution is 2.34. The minimum absolute atomic E-state index is 0.0146. The van der Waals surface area contributed by atoms with Crippen molar-refractivity contribution in [3.8, 4) is 11.4 Å². The van der Waals surface area contributed by atoms with Crippen LogP contribution in [0.3, 0.4) is 0 Å². The predicted molar refractivity (Wildman–Crippen MR) is 116 cm³/mol. The number of aryl methyl sites for hydroxylation is 1. The standard InChI is InChI=1S/C20H20F3N7O3S/c1-4-7-25-18(31)12-6-8-24-16-15(19(28-30(12)16)34(32,33)5-2)17-27-11-9-14(20(21,22)23)26-10-13(11)29(17)3/h6,8-10H,4-5,7H2,1-3H3,(H,25,31). The van der Waals surface area contributed by atoms with E-state index in [0.717, 1.165) is 16.8 Å². The number of carbonyl (C=O) groups excluding carboxylic acids is 1. The zero-order valence-corrected chi connectivity index (χ0v) is 19.2. The number of fused-ring (bicyclic) bond motifs is 2. The second-order valence-electron chi connectivity index (χ2n) is 7.46. The van der Waals surface area contributed by atoms with Crippen LogP contribution in [0, 0.1) is 0 Å². The zero-order chi connectivity index (χ0) is 24.8. The lowest BCUT2D eigenvalue weighted by molar-refractivity contribution is -0.141. The monoisotopic (exact) mass is 495 g/mol.